The molecule has 0 saturated carbocycles. The number of anilines is 1. The summed E-state index contributed by atoms with van der Waals surface area (Å²) in [4.78, 5) is 24.5. The van der Waals surface area contributed by atoms with E-state index in [4.69, 9.17) is 16.3 Å². The van der Waals surface area contributed by atoms with Crippen LogP contribution in [0, 0.1) is 6.92 Å². The molecule has 1 aliphatic rings. The highest BCUT2D eigenvalue weighted by Gasteiger charge is 2.28. The SMILES string of the molecule is COC(=O)c1ccc(Cl)c(NC(=O)c2ccc(C)c(S(=O)(=O)N3CCOCC3)c2)c1. The molecule has 1 heterocycles. The van der Waals surface area contributed by atoms with E-state index in [0.29, 0.717) is 18.8 Å². The molecule has 0 aromatic heterocycles. The largest absolute Gasteiger partial charge is 0.465 e. The van der Waals surface area contributed by atoms with E-state index >= 15 is 0 Å². The second kappa shape index (κ2) is 9.13. The minimum Gasteiger partial charge on any atom is -0.465 e. The Morgan fingerprint density at radius 1 is 1.10 bits per heavy atom. The van der Waals surface area contributed by atoms with Crippen LogP contribution < -0.4 is 5.32 Å². The van der Waals surface area contributed by atoms with Gasteiger partial charge >= 0.3 is 5.97 Å². The summed E-state index contributed by atoms with van der Waals surface area (Å²) in [6.45, 7) is 2.84. The fraction of sp³-hybridized carbons (Fsp3) is 0.300. The van der Waals surface area contributed by atoms with Crippen LogP contribution in [-0.4, -0.2) is 58.0 Å². The van der Waals surface area contributed by atoms with E-state index in [9.17, 15) is 18.0 Å². The molecular formula is C20H21ClN2O6S. The predicted octanol–water partition coefficient (Wildman–Crippen LogP) is 2.71. The second-order valence-electron chi connectivity index (χ2n) is 6.64. The first-order valence-corrected chi connectivity index (χ1v) is 10.9. The van der Waals surface area contributed by atoms with Gasteiger partial charge in [-0.15, -0.1) is 0 Å². The van der Waals surface area contributed by atoms with Gasteiger partial charge in [-0.1, -0.05) is 17.7 Å². The van der Waals surface area contributed by atoms with Gasteiger partial charge in [-0.05, 0) is 42.8 Å². The third-order valence-corrected chi connectivity index (χ3v) is 7.04. The Hall–Kier alpha value is -2.46. The van der Waals surface area contributed by atoms with Gasteiger partial charge in [0.2, 0.25) is 10.0 Å². The molecular weight excluding hydrogens is 432 g/mol. The summed E-state index contributed by atoms with van der Waals surface area (Å²) in [5.41, 5.74) is 1.11. The lowest BCUT2D eigenvalue weighted by Gasteiger charge is -2.26. The Morgan fingerprint density at radius 2 is 1.77 bits per heavy atom. The average molecular weight is 453 g/mol. The average Bonchev–Trinajstić information content (AvgIpc) is 2.75. The third kappa shape index (κ3) is 4.65. The molecule has 1 fully saturated rings. The highest BCUT2D eigenvalue weighted by molar-refractivity contribution is 7.89. The maximum absolute atomic E-state index is 13.0. The molecule has 0 atom stereocenters. The summed E-state index contributed by atoms with van der Waals surface area (Å²) in [5, 5.41) is 2.84. The Balaban J connectivity index is 1.89. The van der Waals surface area contributed by atoms with Crippen LogP contribution in [0.4, 0.5) is 5.69 Å². The van der Waals surface area contributed by atoms with Gasteiger partial charge in [-0.3, -0.25) is 4.79 Å². The molecule has 1 aliphatic heterocycles. The molecule has 3 rings (SSSR count). The van der Waals surface area contributed by atoms with Crippen molar-refractivity contribution in [2.45, 2.75) is 11.8 Å². The van der Waals surface area contributed by atoms with Crippen LogP contribution in [0.1, 0.15) is 26.3 Å². The smallest absolute Gasteiger partial charge is 0.337 e. The van der Waals surface area contributed by atoms with Crippen molar-refractivity contribution >= 4 is 39.2 Å². The third-order valence-electron chi connectivity index (χ3n) is 4.67. The molecule has 10 heteroatoms. The van der Waals surface area contributed by atoms with Crippen molar-refractivity contribution in [1.29, 1.82) is 0 Å². The van der Waals surface area contributed by atoms with E-state index < -0.39 is 21.9 Å². The molecule has 0 bridgehead atoms. The zero-order valence-corrected chi connectivity index (χ0v) is 18.0. The number of nitrogens with one attached hydrogen (secondary N) is 1. The van der Waals surface area contributed by atoms with Crippen molar-refractivity contribution in [3.05, 3.63) is 58.1 Å². The molecule has 0 aliphatic carbocycles. The van der Waals surface area contributed by atoms with Crippen molar-refractivity contribution in [2.75, 3.05) is 38.7 Å². The summed E-state index contributed by atoms with van der Waals surface area (Å²) >= 11 is 6.13. The molecule has 0 spiro atoms. The Kier molecular flexibility index (Phi) is 6.77. The van der Waals surface area contributed by atoms with Crippen LogP contribution in [0.2, 0.25) is 5.02 Å². The number of sulfonamides is 1. The van der Waals surface area contributed by atoms with E-state index in [1.165, 1.54) is 41.7 Å². The normalized spacial score (nSPS) is 14.9. The zero-order chi connectivity index (χ0) is 21.9. The summed E-state index contributed by atoms with van der Waals surface area (Å²) in [6.07, 6.45) is 0. The number of ether oxygens (including phenoxy) is 2. The Morgan fingerprint density at radius 3 is 2.43 bits per heavy atom. The number of carbonyl (C=O) groups is 2. The molecule has 1 amide bonds. The molecule has 1 N–H and O–H groups in total. The first-order valence-electron chi connectivity index (χ1n) is 9.12. The summed E-state index contributed by atoms with van der Waals surface area (Å²) in [7, 11) is -2.52. The van der Waals surface area contributed by atoms with Gasteiger partial charge in [0.05, 0.1) is 41.5 Å². The van der Waals surface area contributed by atoms with E-state index in [1.807, 2.05) is 0 Å². The topological polar surface area (TPSA) is 102 Å². The monoisotopic (exact) mass is 452 g/mol. The second-order valence-corrected chi connectivity index (χ2v) is 8.95. The number of esters is 1. The van der Waals surface area contributed by atoms with Crippen molar-refractivity contribution < 1.29 is 27.5 Å². The number of morpholine rings is 1. The maximum Gasteiger partial charge on any atom is 0.337 e. The number of rotatable bonds is 5. The van der Waals surface area contributed by atoms with Crippen molar-refractivity contribution in [3.8, 4) is 0 Å². The minimum atomic E-state index is -3.77. The van der Waals surface area contributed by atoms with E-state index in [-0.39, 0.29) is 39.8 Å². The summed E-state index contributed by atoms with van der Waals surface area (Å²) in [5.74, 6) is -1.13. The number of carbonyl (C=O) groups excluding carboxylic acids is 2. The lowest BCUT2D eigenvalue weighted by molar-refractivity contribution is 0.0600. The summed E-state index contributed by atoms with van der Waals surface area (Å²) in [6, 6.07) is 8.78. The number of aryl methyl sites for hydroxylation is 1. The number of halogens is 1. The van der Waals surface area contributed by atoms with Gasteiger partial charge in [0.25, 0.3) is 5.91 Å². The predicted molar refractivity (Wildman–Crippen MR) is 112 cm³/mol. The molecule has 160 valence electrons. The summed E-state index contributed by atoms with van der Waals surface area (Å²) < 4.78 is 37.3. The van der Waals surface area contributed by atoms with Crippen LogP contribution >= 0.6 is 11.6 Å². The molecule has 30 heavy (non-hydrogen) atoms. The number of nitrogens with zero attached hydrogens (tertiary/aromatic N) is 1. The quantitative estimate of drug-likeness (QED) is 0.700. The number of hydrogen-bond acceptors (Lipinski definition) is 6. The molecule has 2 aromatic rings. The van der Waals surface area contributed by atoms with E-state index in [0.717, 1.165) is 0 Å². The van der Waals surface area contributed by atoms with Crippen LogP contribution in [0.3, 0.4) is 0 Å². The number of amides is 1. The van der Waals surface area contributed by atoms with Crippen LogP contribution in [0.5, 0.6) is 0 Å². The number of hydrogen-bond donors (Lipinski definition) is 1. The number of methoxy groups -OCH3 is 1. The van der Waals surface area contributed by atoms with Crippen molar-refractivity contribution in [2.24, 2.45) is 0 Å². The molecule has 0 radical (unpaired) electrons. The fourth-order valence-corrected chi connectivity index (χ4v) is 4.83. The fourth-order valence-electron chi connectivity index (χ4n) is 3.01. The highest BCUT2D eigenvalue weighted by atomic mass is 35.5. The van der Waals surface area contributed by atoms with Crippen molar-refractivity contribution in [3.63, 3.8) is 0 Å². The molecule has 0 unspecified atom stereocenters. The van der Waals surface area contributed by atoms with E-state index in [2.05, 4.69) is 10.1 Å². The first-order chi connectivity index (χ1) is 14.2. The minimum absolute atomic E-state index is 0.0615. The van der Waals surface area contributed by atoms with Crippen LogP contribution in [-0.2, 0) is 19.5 Å². The Bertz CT molecular complexity index is 1080. The van der Waals surface area contributed by atoms with Gasteiger partial charge in [0.15, 0.2) is 0 Å². The lowest BCUT2D eigenvalue weighted by Crippen LogP contribution is -2.40. The lowest BCUT2D eigenvalue weighted by atomic mass is 10.1. The van der Waals surface area contributed by atoms with Gasteiger partial charge in [0, 0.05) is 18.7 Å². The maximum atomic E-state index is 13.0. The van der Waals surface area contributed by atoms with Gasteiger partial charge < -0.3 is 14.8 Å². The molecule has 1 saturated heterocycles. The Labute approximate surface area is 179 Å². The molecule has 2 aromatic carbocycles. The van der Waals surface area contributed by atoms with Gasteiger partial charge in [-0.25, -0.2) is 13.2 Å². The van der Waals surface area contributed by atoms with Crippen molar-refractivity contribution in [1.82, 2.24) is 4.31 Å². The highest BCUT2D eigenvalue weighted by Crippen LogP contribution is 2.26. The van der Waals surface area contributed by atoms with Gasteiger partial charge in [-0.2, -0.15) is 4.31 Å². The van der Waals surface area contributed by atoms with Crippen LogP contribution in [0.15, 0.2) is 41.3 Å². The van der Waals surface area contributed by atoms with E-state index in [1.54, 1.807) is 13.0 Å². The number of benzene rings is 2. The van der Waals surface area contributed by atoms with Gasteiger partial charge in [0.1, 0.15) is 0 Å². The standard InChI is InChI=1S/C20H21ClN2O6S/c1-13-3-4-14(12-18(13)30(26,27)23-7-9-29-10-8-23)19(24)22-17-11-15(20(25)28-2)5-6-16(17)21/h3-6,11-12H,7-10H2,1-2H3,(H,22,24). The van der Waals surface area contributed by atoms with Crippen LogP contribution in [0.25, 0.3) is 0 Å². The first kappa shape index (κ1) is 22.2. The zero-order valence-electron chi connectivity index (χ0n) is 16.5. The molecule has 8 nitrogen and oxygen atoms in total.